The lowest BCUT2D eigenvalue weighted by molar-refractivity contribution is 0.100. The van der Waals surface area contributed by atoms with Gasteiger partial charge in [-0.1, -0.05) is 18.2 Å². The van der Waals surface area contributed by atoms with Gasteiger partial charge in [0.1, 0.15) is 0 Å². The van der Waals surface area contributed by atoms with Gasteiger partial charge < -0.3 is 5.73 Å². The Bertz CT molecular complexity index is 542. The smallest absolute Gasteiger partial charge is 0.249 e. The molecular formula is C11H8ClN3O. The Morgan fingerprint density at radius 1 is 1.25 bits per heavy atom. The standard InChI is InChI=1S/C11H8ClN3O/c12-11-14-6-5-9(15-11)7-3-1-2-4-8(7)10(13)16/h1-6H,(H2,13,16). The number of hydrogen-bond acceptors (Lipinski definition) is 3. The molecule has 0 aliphatic carbocycles. The predicted octanol–water partition coefficient (Wildman–Crippen LogP) is 1.90. The average Bonchev–Trinajstić information content (AvgIpc) is 2.29. The van der Waals surface area contributed by atoms with E-state index in [-0.39, 0.29) is 5.28 Å². The van der Waals surface area contributed by atoms with Crippen molar-refractivity contribution < 1.29 is 4.79 Å². The van der Waals surface area contributed by atoms with E-state index < -0.39 is 5.91 Å². The predicted molar refractivity (Wildman–Crippen MR) is 61.0 cm³/mol. The summed E-state index contributed by atoms with van der Waals surface area (Å²) < 4.78 is 0. The third-order valence-electron chi connectivity index (χ3n) is 2.09. The Morgan fingerprint density at radius 2 is 2.00 bits per heavy atom. The lowest BCUT2D eigenvalue weighted by Crippen LogP contribution is -2.12. The molecule has 0 unspecified atom stereocenters. The van der Waals surface area contributed by atoms with E-state index in [9.17, 15) is 4.79 Å². The highest BCUT2D eigenvalue weighted by molar-refractivity contribution is 6.28. The fourth-order valence-electron chi connectivity index (χ4n) is 1.41. The Balaban J connectivity index is 2.60. The molecule has 0 aliphatic heterocycles. The van der Waals surface area contributed by atoms with Crippen molar-refractivity contribution in [1.29, 1.82) is 0 Å². The van der Waals surface area contributed by atoms with E-state index in [2.05, 4.69) is 9.97 Å². The van der Waals surface area contributed by atoms with Crippen molar-refractivity contribution in [2.45, 2.75) is 0 Å². The minimum absolute atomic E-state index is 0.136. The number of amides is 1. The maximum atomic E-state index is 11.2. The van der Waals surface area contributed by atoms with Crippen LogP contribution in [0.1, 0.15) is 10.4 Å². The van der Waals surface area contributed by atoms with Crippen molar-refractivity contribution in [3.63, 3.8) is 0 Å². The van der Waals surface area contributed by atoms with Crippen LogP contribution in [0.15, 0.2) is 36.5 Å². The SMILES string of the molecule is NC(=O)c1ccccc1-c1ccnc(Cl)n1. The van der Waals surface area contributed by atoms with Crippen LogP contribution < -0.4 is 5.73 Å². The summed E-state index contributed by atoms with van der Waals surface area (Å²) in [5.74, 6) is -0.495. The molecule has 0 saturated carbocycles. The topological polar surface area (TPSA) is 68.9 Å². The Labute approximate surface area is 97.1 Å². The molecule has 5 heteroatoms. The first-order valence-electron chi connectivity index (χ1n) is 4.56. The molecule has 1 heterocycles. The summed E-state index contributed by atoms with van der Waals surface area (Å²) in [5.41, 5.74) is 6.92. The van der Waals surface area contributed by atoms with Gasteiger partial charge >= 0.3 is 0 Å². The third-order valence-corrected chi connectivity index (χ3v) is 2.28. The summed E-state index contributed by atoms with van der Waals surface area (Å²) in [6, 6.07) is 8.63. The molecule has 1 aromatic carbocycles. The van der Waals surface area contributed by atoms with E-state index in [1.807, 2.05) is 0 Å². The molecule has 0 spiro atoms. The zero-order chi connectivity index (χ0) is 11.5. The first-order valence-corrected chi connectivity index (χ1v) is 4.94. The van der Waals surface area contributed by atoms with Crippen LogP contribution in [0.2, 0.25) is 5.28 Å². The van der Waals surface area contributed by atoms with Gasteiger partial charge in [0.05, 0.1) is 5.69 Å². The van der Waals surface area contributed by atoms with Gasteiger partial charge in [-0.3, -0.25) is 4.79 Å². The fraction of sp³-hybridized carbons (Fsp3) is 0. The first kappa shape index (κ1) is 10.6. The van der Waals surface area contributed by atoms with Crippen LogP contribution in [0.5, 0.6) is 0 Å². The van der Waals surface area contributed by atoms with E-state index in [1.54, 1.807) is 30.3 Å². The fourth-order valence-corrected chi connectivity index (χ4v) is 1.55. The Kier molecular flexibility index (Phi) is 2.83. The van der Waals surface area contributed by atoms with Gasteiger partial charge in [0, 0.05) is 17.3 Å². The number of nitrogens with two attached hydrogens (primary N) is 1. The van der Waals surface area contributed by atoms with Gasteiger partial charge in [-0.05, 0) is 23.7 Å². The maximum absolute atomic E-state index is 11.2. The highest BCUT2D eigenvalue weighted by Gasteiger charge is 2.10. The average molecular weight is 234 g/mol. The third kappa shape index (κ3) is 2.01. The summed E-state index contributed by atoms with van der Waals surface area (Å²) in [6.07, 6.45) is 1.53. The monoisotopic (exact) mass is 233 g/mol. The molecule has 0 radical (unpaired) electrons. The quantitative estimate of drug-likeness (QED) is 0.806. The minimum Gasteiger partial charge on any atom is -0.366 e. The van der Waals surface area contributed by atoms with Crippen molar-refractivity contribution in [3.8, 4) is 11.3 Å². The van der Waals surface area contributed by atoms with E-state index >= 15 is 0 Å². The second-order valence-electron chi connectivity index (χ2n) is 3.12. The molecule has 0 saturated heterocycles. The van der Waals surface area contributed by atoms with Crippen molar-refractivity contribution in [1.82, 2.24) is 9.97 Å². The number of halogens is 1. The second kappa shape index (κ2) is 4.28. The van der Waals surface area contributed by atoms with Crippen LogP contribution in [0.25, 0.3) is 11.3 Å². The zero-order valence-corrected chi connectivity index (χ0v) is 8.98. The second-order valence-corrected chi connectivity index (χ2v) is 3.46. The molecule has 0 bridgehead atoms. The van der Waals surface area contributed by atoms with E-state index in [0.717, 1.165) is 0 Å². The molecule has 2 aromatic rings. The van der Waals surface area contributed by atoms with Gasteiger partial charge in [-0.15, -0.1) is 0 Å². The molecule has 0 aliphatic rings. The summed E-state index contributed by atoms with van der Waals surface area (Å²) in [7, 11) is 0. The summed E-state index contributed by atoms with van der Waals surface area (Å²) in [5, 5.41) is 0.136. The van der Waals surface area contributed by atoms with Gasteiger partial charge in [-0.25, -0.2) is 9.97 Å². The van der Waals surface area contributed by atoms with Crippen LogP contribution >= 0.6 is 11.6 Å². The minimum atomic E-state index is -0.495. The van der Waals surface area contributed by atoms with Gasteiger partial charge in [0.2, 0.25) is 11.2 Å². The molecule has 1 aromatic heterocycles. The van der Waals surface area contributed by atoms with E-state index in [0.29, 0.717) is 16.8 Å². The van der Waals surface area contributed by atoms with Gasteiger partial charge in [-0.2, -0.15) is 0 Å². The van der Waals surface area contributed by atoms with Gasteiger partial charge in [0.25, 0.3) is 0 Å². The van der Waals surface area contributed by atoms with Crippen LogP contribution in [0.4, 0.5) is 0 Å². The number of carbonyl (C=O) groups is 1. The lowest BCUT2D eigenvalue weighted by Gasteiger charge is -2.05. The molecule has 1 amide bonds. The molecular weight excluding hydrogens is 226 g/mol. The molecule has 2 rings (SSSR count). The van der Waals surface area contributed by atoms with E-state index in [4.69, 9.17) is 17.3 Å². The number of hydrogen-bond donors (Lipinski definition) is 1. The first-order chi connectivity index (χ1) is 7.68. The lowest BCUT2D eigenvalue weighted by atomic mass is 10.0. The van der Waals surface area contributed by atoms with Crippen molar-refractivity contribution in [2.75, 3.05) is 0 Å². The summed E-state index contributed by atoms with van der Waals surface area (Å²) >= 11 is 5.69. The number of benzene rings is 1. The normalized spacial score (nSPS) is 10.1. The zero-order valence-electron chi connectivity index (χ0n) is 8.22. The number of nitrogens with zero attached hydrogens (tertiary/aromatic N) is 2. The van der Waals surface area contributed by atoms with Crippen LogP contribution in [0, 0.1) is 0 Å². The van der Waals surface area contributed by atoms with Crippen LogP contribution in [-0.4, -0.2) is 15.9 Å². The molecule has 4 nitrogen and oxygen atoms in total. The van der Waals surface area contributed by atoms with Gasteiger partial charge in [0.15, 0.2) is 0 Å². The number of carbonyl (C=O) groups excluding carboxylic acids is 1. The number of aromatic nitrogens is 2. The van der Waals surface area contributed by atoms with E-state index in [1.165, 1.54) is 6.20 Å². The Morgan fingerprint density at radius 3 is 2.69 bits per heavy atom. The van der Waals surface area contributed by atoms with Crippen molar-refractivity contribution in [3.05, 3.63) is 47.4 Å². The van der Waals surface area contributed by atoms with Crippen molar-refractivity contribution >= 4 is 17.5 Å². The number of rotatable bonds is 2. The Hall–Kier alpha value is -1.94. The maximum Gasteiger partial charge on any atom is 0.249 e. The highest BCUT2D eigenvalue weighted by Crippen LogP contribution is 2.21. The molecule has 2 N–H and O–H groups in total. The molecule has 80 valence electrons. The summed E-state index contributed by atoms with van der Waals surface area (Å²) in [4.78, 5) is 19.0. The number of primary amides is 1. The van der Waals surface area contributed by atoms with Crippen LogP contribution in [0.3, 0.4) is 0 Å². The summed E-state index contributed by atoms with van der Waals surface area (Å²) in [6.45, 7) is 0. The van der Waals surface area contributed by atoms with Crippen molar-refractivity contribution in [2.24, 2.45) is 5.73 Å². The molecule has 0 fully saturated rings. The largest absolute Gasteiger partial charge is 0.366 e. The van der Waals surface area contributed by atoms with Crippen LogP contribution in [-0.2, 0) is 0 Å². The molecule has 16 heavy (non-hydrogen) atoms. The highest BCUT2D eigenvalue weighted by atomic mass is 35.5. The molecule has 0 atom stereocenters.